The lowest BCUT2D eigenvalue weighted by Crippen LogP contribution is -2.37. The summed E-state index contributed by atoms with van der Waals surface area (Å²) in [5, 5.41) is 0. The van der Waals surface area contributed by atoms with Crippen LogP contribution in [0.15, 0.2) is 29.3 Å². The van der Waals surface area contributed by atoms with E-state index in [1.165, 1.54) is 5.56 Å². The van der Waals surface area contributed by atoms with Gasteiger partial charge in [0.25, 0.3) is 0 Å². The van der Waals surface area contributed by atoms with Crippen molar-refractivity contribution in [2.24, 2.45) is 10.7 Å². The Bertz CT molecular complexity index is 375. The summed E-state index contributed by atoms with van der Waals surface area (Å²) >= 11 is 0. The maximum Gasteiger partial charge on any atom is 0.191 e. The number of rotatable bonds is 6. The number of ether oxygens (including phenoxy) is 1. The molecule has 108 valence electrons. The van der Waals surface area contributed by atoms with Crippen LogP contribution in [-0.2, 0) is 17.9 Å². The molecule has 0 amide bonds. The summed E-state index contributed by atoms with van der Waals surface area (Å²) in [5.41, 5.74) is 8.25. The minimum atomic E-state index is 0. The summed E-state index contributed by atoms with van der Waals surface area (Å²) in [5.74, 6) is 0.612. The topological polar surface area (TPSA) is 50.8 Å². The molecule has 1 aromatic rings. The van der Waals surface area contributed by atoms with E-state index in [1.54, 1.807) is 7.11 Å². The van der Waals surface area contributed by atoms with Crippen molar-refractivity contribution in [3.05, 3.63) is 35.4 Å². The Morgan fingerprint density at radius 1 is 1.16 bits per heavy atom. The van der Waals surface area contributed by atoms with E-state index in [2.05, 4.69) is 43.1 Å². The van der Waals surface area contributed by atoms with E-state index in [9.17, 15) is 0 Å². The molecule has 0 aliphatic carbocycles. The molecule has 4 nitrogen and oxygen atoms in total. The monoisotopic (exact) mass is 377 g/mol. The molecule has 0 saturated heterocycles. The molecule has 5 heteroatoms. The van der Waals surface area contributed by atoms with Crippen LogP contribution in [0.1, 0.15) is 25.0 Å². The van der Waals surface area contributed by atoms with E-state index in [4.69, 9.17) is 10.5 Å². The van der Waals surface area contributed by atoms with Crippen molar-refractivity contribution in [2.45, 2.75) is 27.0 Å². The molecule has 19 heavy (non-hydrogen) atoms. The third-order valence-electron chi connectivity index (χ3n) is 2.85. The highest BCUT2D eigenvalue weighted by Crippen LogP contribution is 2.06. The maximum atomic E-state index is 5.92. The average Bonchev–Trinajstić information content (AvgIpc) is 2.40. The third-order valence-corrected chi connectivity index (χ3v) is 2.85. The standard InChI is InChI=1S/C14H23N3O.HI/c1-4-17(5-2)14(15)16-10-12-6-8-13(9-7-12)11-18-3;/h6-9H,4-5,10-11H2,1-3H3,(H2,15,16);1H. The first-order valence-electron chi connectivity index (χ1n) is 6.32. The minimum absolute atomic E-state index is 0. The Hall–Kier alpha value is -0.820. The predicted molar refractivity (Wildman–Crippen MR) is 90.8 cm³/mol. The number of hydrogen-bond acceptors (Lipinski definition) is 2. The molecule has 1 rings (SSSR count). The number of halogens is 1. The van der Waals surface area contributed by atoms with Crippen LogP contribution < -0.4 is 5.73 Å². The van der Waals surface area contributed by atoms with Crippen LogP contribution in [0.5, 0.6) is 0 Å². The summed E-state index contributed by atoms with van der Waals surface area (Å²) in [6.07, 6.45) is 0. The van der Waals surface area contributed by atoms with Gasteiger partial charge in [-0.05, 0) is 25.0 Å². The van der Waals surface area contributed by atoms with Crippen molar-refractivity contribution in [1.82, 2.24) is 4.90 Å². The van der Waals surface area contributed by atoms with Gasteiger partial charge >= 0.3 is 0 Å². The van der Waals surface area contributed by atoms with Crippen molar-refractivity contribution >= 4 is 29.9 Å². The van der Waals surface area contributed by atoms with Crippen LogP contribution >= 0.6 is 24.0 Å². The number of aliphatic imine (C=N–C) groups is 1. The zero-order chi connectivity index (χ0) is 13.4. The Kier molecular flexibility index (Phi) is 9.59. The second kappa shape index (κ2) is 10.0. The maximum absolute atomic E-state index is 5.92. The molecule has 0 bridgehead atoms. The minimum Gasteiger partial charge on any atom is -0.380 e. The van der Waals surface area contributed by atoms with Crippen molar-refractivity contribution in [3.8, 4) is 0 Å². The third kappa shape index (κ3) is 6.24. The molecule has 2 N–H and O–H groups in total. The smallest absolute Gasteiger partial charge is 0.191 e. The molecular formula is C14H24IN3O. The summed E-state index contributed by atoms with van der Waals surface area (Å²) in [6, 6.07) is 8.24. The second-order valence-corrected chi connectivity index (χ2v) is 4.10. The molecule has 0 atom stereocenters. The summed E-state index contributed by atoms with van der Waals surface area (Å²) in [4.78, 5) is 6.44. The summed E-state index contributed by atoms with van der Waals surface area (Å²) in [6.45, 7) is 7.19. The fraction of sp³-hybridized carbons (Fsp3) is 0.500. The Balaban J connectivity index is 0.00000324. The number of nitrogens with two attached hydrogens (primary N) is 1. The molecule has 0 aromatic heterocycles. The molecular weight excluding hydrogens is 353 g/mol. The zero-order valence-electron chi connectivity index (χ0n) is 11.9. The Labute approximate surface area is 133 Å². The van der Waals surface area contributed by atoms with Crippen LogP contribution in [0.2, 0.25) is 0 Å². The first-order chi connectivity index (χ1) is 8.71. The van der Waals surface area contributed by atoms with Gasteiger partial charge in [0.15, 0.2) is 5.96 Å². The van der Waals surface area contributed by atoms with E-state index in [1.807, 2.05) is 4.90 Å². The molecule has 0 aliphatic heterocycles. The van der Waals surface area contributed by atoms with E-state index < -0.39 is 0 Å². The Morgan fingerprint density at radius 3 is 2.16 bits per heavy atom. The van der Waals surface area contributed by atoms with Crippen LogP contribution in [0.25, 0.3) is 0 Å². The fourth-order valence-electron chi connectivity index (χ4n) is 1.73. The van der Waals surface area contributed by atoms with E-state index in [-0.39, 0.29) is 24.0 Å². The van der Waals surface area contributed by atoms with Gasteiger partial charge < -0.3 is 15.4 Å². The zero-order valence-corrected chi connectivity index (χ0v) is 14.3. The van der Waals surface area contributed by atoms with Gasteiger partial charge in [0.05, 0.1) is 13.2 Å². The van der Waals surface area contributed by atoms with E-state index >= 15 is 0 Å². The van der Waals surface area contributed by atoms with Gasteiger partial charge in [-0.1, -0.05) is 24.3 Å². The molecule has 0 unspecified atom stereocenters. The van der Waals surface area contributed by atoms with E-state index in [0.29, 0.717) is 19.1 Å². The lowest BCUT2D eigenvalue weighted by Gasteiger charge is -2.19. The van der Waals surface area contributed by atoms with Crippen LogP contribution in [0.3, 0.4) is 0 Å². The van der Waals surface area contributed by atoms with Crippen LogP contribution in [0.4, 0.5) is 0 Å². The number of benzene rings is 1. The van der Waals surface area contributed by atoms with Crippen LogP contribution in [0, 0.1) is 0 Å². The quantitative estimate of drug-likeness (QED) is 0.471. The number of hydrogen-bond donors (Lipinski definition) is 1. The van der Waals surface area contributed by atoms with Gasteiger partial charge in [-0.15, -0.1) is 24.0 Å². The summed E-state index contributed by atoms with van der Waals surface area (Å²) in [7, 11) is 1.70. The van der Waals surface area contributed by atoms with Gasteiger partial charge in [-0.2, -0.15) is 0 Å². The lowest BCUT2D eigenvalue weighted by atomic mass is 10.1. The first-order valence-corrected chi connectivity index (χ1v) is 6.32. The molecule has 0 saturated carbocycles. The lowest BCUT2D eigenvalue weighted by molar-refractivity contribution is 0.185. The highest BCUT2D eigenvalue weighted by molar-refractivity contribution is 14.0. The van der Waals surface area contributed by atoms with Gasteiger partial charge in [-0.3, -0.25) is 0 Å². The molecule has 1 aromatic carbocycles. The van der Waals surface area contributed by atoms with Crippen molar-refractivity contribution < 1.29 is 4.74 Å². The van der Waals surface area contributed by atoms with Crippen molar-refractivity contribution in [1.29, 1.82) is 0 Å². The Morgan fingerprint density at radius 2 is 1.68 bits per heavy atom. The number of nitrogens with zero attached hydrogens (tertiary/aromatic N) is 2. The highest BCUT2D eigenvalue weighted by Gasteiger charge is 2.01. The van der Waals surface area contributed by atoms with Gasteiger partial charge in [0, 0.05) is 20.2 Å². The SMILES string of the molecule is CCN(CC)C(N)=NCc1ccc(COC)cc1.I. The van der Waals surface area contributed by atoms with E-state index in [0.717, 1.165) is 18.7 Å². The highest BCUT2D eigenvalue weighted by atomic mass is 127. The van der Waals surface area contributed by atoms with Crippen molar-refractivity contribution in [3.63, 3.8) is 0 Å². The summed E-state index contributed by atoms with van der Waals surface area (Å²) < 4.78 is 5.07. The van der Waals surface area contributed by atoms with Crippen LogP contribution in [-0.4, -0.2) is 31.1 Å². The molecule has 0 radical (unpaired) electrons. The average molecular weight is 377 g/mol. The first kappa shape index (κ1) is 18.2. The molecule has 0 spiro atoms. The predicted octanol–water partition coefficient (Wildman–Crippen LogP) is 2.61. The normalized spacial score (nSPS) is 11.0. The second-order valence-electron chi connectivity index (χ2n) is 4.10. The van der Waals surface area contributed by atoms with Gasteiger partial charge in [-0.25, -0.2) is 4.99 Å². The van der Waals surface area contributed by atoms with Gasteiger partial charge in [0.2, 0.25) is 0 Å². The fourth-order valence-corrected chi connectivity index (χ4v) is 1.73. The molecule has 0 fully saturated rings. The number of guanidine groups is 1. The van der Waals surface area contributed by atoms with Gasteiger partial charge in [0.1, 0.15) is 0 Å². The van der Waals surface area contributed by atoms with Crippen molar-refractivity contribution in [2.75, 3.05) is 20.2 Å². The largest absolute Gasteiger partial charge is 0.380 e. The molecule has 0 aliphatic rings. The number of methoxy groups -OCH3 is 1. The molecule has 0 heterocycles.